The molecule has 0 aromatic heterocycles. The number of carbonyl (C=O) groups excluding carboxylic acids is 1. The van der Waals surface area contributed by atoms with Crippen LogP contribution in [0.15, 0.2) is 0 Å². The molecule has 1 unspecified atom stereocenters. The van der Waals surface area contributed by atoms with E-state index < -0.39 is 0 Å². The first-order valence-electron chi connectivity index (χ1n) is 4.70. The Morgan fingerprint density at radius 1 is 1.50 bits per heavy atom. The first-order valence-corrected chi connectivity index (χ1v) is 4.70. The third kappa shape index (κ3) is 2.84. The number of rotatable bonds is 2. The van der Waals surface area contributed by atoms with E-state index in [2.05, 4.69) is 20.8 Å². The lowest BCUT2D eigenvalue weighted by Crippen LogP contribution is -2.20. The van der Waals surface area contributed by atoms with Crippen molar-refractivity contribution in [3.05, 3.63) is 0 Å². The second-order valence-electron chi connectivity index (χ2n) is 5.02. The maximum atomic E-state index is 10.4. The highest BCUT2D eigenvalue weighted by atomic mass is 16.1. The van der Waals surface area contributed by atoms with Gasteiger partial charge in [-0.05, 0) is 24.2 Å². The van der Waals surface area contributed by atoms with Gasteiger partial charge in [-0.15, -0.1) is 0 Å². The first-order chi connectivity index (χ1) is 5.51. The summed E-state index contributed by atoms with van der Waals surface area (Å²) in [6.45, 7) is 8.72. The summed E-state index contributed by atoms with van der Waals surface area (Å²) in [4.78, 5) is 12.3. The molecule has 1 heterocycles. The van der Waals surface area contributed by atoms with E-state index in [0.717, 1.165) is 25.4 Å². The summed E-state index contributed by atoms with van der Waals surface area (Å²) in [6.07, 6.45) is 3.40. The molecule has 0 radical (unpaired) electrons. The van der Waals surface area contributed by atoms with Crippen molar-refractivity contribution < 1.29 is 4.79 Å². The lowest BCUT2D eigenvalue weighted by molar-refractivity contribution is -0.117. The largest absolute Gasteiger partial charge is 0.345 e. The predicted molar refractivity (Wildman–Crippen MR) is 49.8 cm³/mol. The van der Waals surface area contributed by atoms with Crippen LogP contribution >= 0.6 is 0 Å². The number of nitrogens with zero attached hydrogens (tertiary/aromatic N) is 1. The monoisotopic (exact) mass is 169 g/mol. The van der Waals surface area contributed by atoms with Gasteiger partial charge in [0.25, 0.3) is 0 Å². The zero-order chi connectivity index (χ0) is 9.19. The Labute approximate surface area is 74.9 Å². The van der Waals surface area contributed by atoms with E-state index in [1.165, 1.54) is 12.8 Å². The first kappa shape index (κ1) is 9.56. The minimum Gasteiger partial charge on any atom is -0.345 e. The highest BCUT2D eigenvalue weighted by molar-refractivity contribution is 5.47. The van der Waals surface area contributed by atoms with E-state index >= 15 is 0 Å². The topological polar surface area (TPSA) is 20.3 Å². The maximum Gasteiger partial charge on any atom is 0.209 e. The van der Waals surface area contributed by atoms with Crippen molar-refractivity contribution >= 4 is 6.41 Å². The molecule has 0 bridgehead atoms. The second kappa shape index (κ2) is 3.46. The van der Waals surface area contributed by atoms with Crippen molar-refractivity contribution in [2.24, 2.45) is 11.3 Å². The molecule has 1 atom stereocenters. The van der Waals surface area contributed by atoms with Crippen LogP contribution in [0.1, 0.15) is 33.6 Å². The summed E-state index contributed by atoms with van der Waals surface area (Å²) >= 11 is 0. The molecule has 1 aliphatic heterocycles. The van der Waals surface area contributed by atoms with E-state index in [1.807, 2.05) is 4.90 Å². The molecule has 1 aliphatic rings. The minimum atomic E-state index is 0.406. The van der Waals surface area contributed by atoms with Gasteiger partial charge in [0.15, 0.2) is 0 Å². The number of hydrogen-bond acceptors (Lipinski definition) is 1. The Bertz CT molecular complexity index is 160. The Kier molecular flexibility index (Phi) is 2.76. The van der Waals surface area contributed by atoms with Crippen LogP contribution in [0.3, 0.4) is 0 Å². The zero-order valence-corrected chi connectivity index (χ0v) is 8.34. The maximum absolute atomic E-state index is 10.4. The molecule has 1 saturated heterocycles. The number of carbonyl (C=O) groups is 1. The van der Waals surface area contributed by atoms with Crippen LogP contribution in [0.4, 0.5) is 0 Å². The molecular weight excluding hydrogens is 150 g/mol. The smallest absolute Gasteiger partial charge is 0.209 e. The van der Waals surface area contributed by atoms with Crippen molar-refractivity contribution in [2.45, 2.75) is 33.6 Å². The predicted octanol–water partition coefficient (Wildman–Crippen LogP) is 1.90. The average Bonchev–Trinajstić information content (AvgIpc) is 2.32. The Morgan fingerprint density at radius 3 is 2.58 bits per heavy atom. The second-order valence-corrected chi connectivity index (χ2v) is 5.02. The van der Waals surface area contributed by atoms with Crippen LogP contribution in [0.2, 0.25) is 0 Å². The normalized spacial score (nSPS) is 24.6. The van der Waals surface area contributed by atoms with Crippen LogP contribution in [-0.2, 0) is 4.79 Å². The van der Waals surface area contributed by atoms with Gasteiger partial charge < -0.3 is 4.90 Å². The number of hydrogen-bond donors (Lipinski definition) is 0. The molecule has 1 fully saturated rings. The minimum absolute atomic E-state index is 0.406. The summed E-state index contributed by atoms with van der Waals surface area (Å²) in [5.41, 5.74) is 0.406. The van der Waals surface area contributed by atoms with Crippen molar-refractivity contribution in [3.63, 3.8) is 0 Å². The van der Waals surface area contributed by atoms with Gasteiger partial charge in [0.05, 0.1) is 0 Å². The Hall–Kier alpha value is -0.530. The quantitative estimate of drug-likeness (QED) is 0.578. The molecule has 0 aromatic rings. The highest BCUT2D eigenvalue weighted by Crippen LogP contribution is 2.29. The molecule has 70 valence electrons. The van der Waals surface area contributed by atoms with Crippen molar-refractivity contribution in [1.29, 1.82) is 0 Å². The summed E-state index contributed by atoms with van der Waals surface area (Å²) in [6, 6.07) is 0. The third-order valence-corrected chi connectivity index (χ3v) is 2.37. The van der Waals surface area contributed by atoms with Gasteiger partial charge in [0.1, 0.15) is 0 Å². The van der Waals surface area contributed by atoms with Crippen LogP contribution in [0.5, 0.6) is 0 Å². The fraction of sp³-hybridized carbons (Fsp3) is 0.900. The fourth-order valence-electron chi connectivity index (χ4n) is 1.99. The molecule has 2 nitrogen and oxygen atoms in total. The summed E-state index contributed by atoms with van der Waals surface area (Å²) < 4.78 is 0. The third-order valence-electron chi connectivity index (χ3n) is 2.37. The van der Waals surface area contributed by atoms with E-state index in [0.29, 0.717) is 5.41 Å². The van der Waals surface area contributed by atoms with Crippen molar-refractivity contribution in [1.82, 2.24) is 4.90 Å². The molecule has 1 amide bonds. The molecular formula is C10H19NO. The van der Waals surface area contributed by atoms with Crippen molar-refractivity contribution in [2.75, 3.05) is 13.1 Å². The standard InChI is InChI=1S/C10H19NO/c1-10(2,3)6-9-4-5-11(7-9)8-12/h8-9H,4-7H2,1-3H3. The molecule has 0 aromatic carbocycles. The van der Waals surface area contributed by atoms with E-state index in [1.54, 1.807) is 0 Å². The summed E-state index contributed by atoms with van der Waals surface area (Å²) in [5, 5.41) is 0. The van der Waals surface area contributed by atoms with E-state index in [-0.39, 0.29) is 0 Å². The number of likely N-dealkylation sites (tertiary alicyclic amines) is 1. The molecule has 0 spiro atoms. The van der Waals surface area contributed by atoms with Crippen molar-refractivity contribution in [3.8, 4) is 0 Å². The van der Waals surface area contributed by atoms with Crippen LogP contribution < -0.4 is 0 Å². The van der Waals surface area contributed by atoms with Crippen LogP contribution in [0.25, 0.3) is 0 Å². The lowest BCUT2D eigenvalue weighted by atomic mass is 9.84. The van der Waals surface area contributed by atoms with Gasteiger partial charge in [-0.25, -0.2) is 0 Å². The van der Waals surface area contributed by atoms with Crippen LogP contribution in [0, 0.1) is 11.3 Å². The van der Waals surface area contributed by atoms with Crippen LogP contribution in [-0.4, -0.2) is 24.4 Å². The molecule has 12 heavy (non-hydrogen) atoms. The SMILES string of the molecule is CC(C)(C)CC1CCN(C=O)C1. The molecule has 1 rings (SSSR count). The Balaban J connectivity index is 2.33. The van der Waals surface area contributed by atoms with E-state index in [9.17, 15) is 4.79 Å². The molecule has 2 heteroatoms. The molecule has 0 N–H and O–H groups in total. The summed E-state index contributed by atoms with van der Waals surface area (Å²) in [7, 11) is 0. The van der Waals surface area contributed by atoms with Gasteiger partial charge in [0.2, 0.25) is 6.41 Å². The zero-order valence-electron chi connectivity index (χ0n) is 8.34. The van der Waals surface area contributed by atoms with Gasteiger partial charge >= 0.3 is 0 Å². The van der Waals surface area contributed by atoms with Gasteiger partial charge in [-0.2, -0.15) is 0 Å². The average molecular weight is 169 g/mol. The lowest BCUT2D eigenvalue weighted by Gasteiger charge is -2.22. The molecule has 0 aliphatic carbocycles. The van der Waals surface area contributed by atoms with Gasteiger partial charge in [0, 0.05) is 13.1 Å². The molecule has 0 saturated carbocycles. The highest BCUT2D eigenvalue weighted by Gasteiger charge is 2.25. The fourth-order valence-corrected chi connectivity index (χ4v) is 1.99. The number of amides is 1. The Morgan fingerprint density at radius 2 is 2.17 bits per heavy atom. The van der Waals surface area contributed by atoms with E-state index in [4.69, 9.17) is 0 Å². The summed E-state index contributed by atoms with van der Waals surface area (Å²) in [5.74, 6) is 0.732. The van der Waals surface area contributed by atoms with Gasteiger partial charge in [-0.1, -0.05) is 20.8 Å². The van der Waals surface area contributed by atoms with Gasteiger partial charge in [-0.3, -0.25) is 4.79 Å².